The molecule has 0 aromatic rings. The van der Waals surface area contributed by atoms with Gasteiger partial charge in [-0.2, -0.15) is 11.1 Å². The van der Waals surface area contributed by atoms with Gasteiger partial charge in [0.25, 0.3) is 0 Å². The summed E-state index contributed by atoms with van der Waals surface area (Å²) < 4.78 is 2.55. The van der Waals surface area contributed by atoms with E-state index in [1.54, 1.807) is 0 Å². The summed E-state index contributed by atoms with van der Waals surface area (Å²) in [5, 5.41) is 0. The molecular formula is C9H24ClNSi2. The van der Waals surface area contributed by atoms with E-state index in [0.717, 1.165) is 6.54 Å². The molecule has 2 atom stereocenters. The fourth-order valence-electron chi connectivity index (χ4n) is 1.77. The molecule has 0 saturated heterocycles. The molecule has 0 bridgehead atoms. The topological polar surface area (TPSA) is 3.24 Å². The van der Waals surface area contributed by atoms with Gasteiger partial charge in [-0.25, -0.2) is 0 Å². The molecule has 0 aromatic heterocycles. The highest BCUT2D eigenvalue weighted by atomic mass is 35.6. The molecule has 0 amide bonds. The lowest BCUT2D eigenvalue weighted by atomic mass is 10.8. The van der Waals surface area contributed by atoms with Crippen LogP contribution in [0.5, 0.6) is 0 Å². The van der Waals surface area contributed by atoms with Crippen LogP contribution in [0.15, 0.2) is 0 Å². The Bertz CT molecular complexity index is 164. The molecule has 1 nitrogen and oxygen atoms in total. The summed E-state index contributed by atoms with van der Waals surface area (Å²) in [4.78, 5) is 0. The largest absolute Gasteiger partial charge is 0.327 e. The monoisotopic (exact) mass is 237 g/mol. The Labute approximate surface area is 90.1 Å². The zero-order valence-corrected chi connectivity index (χ0v) is 12.7. The first kappa shape index (κ1) is 13.7. The molecule has 0 rings (SSSR count). The van der Waals surface area contributed by atoms with Gasteiger partial charge in [-0.15, -0.1) is 0 Å². The van der Waals surface area contributed by atoms with Crippen LogP contribution in [-0.4, -0.2) is 32.8 Å². The molecule has 0 aromatic carbocycles. The fourth-order valence-corrected chi connectivity index (χ4v) is 15.2. The van der Waals surface area contributed by atoms with Crippen molar-refractivity contribution in [3.63, 3.8) is 0 Å². The standard InChI is InChI=1S/C9H24ClNSi2/c1-7-11(4)13(6,9-3)12(5,10)8-2/h7-9H2,1-6H3. The second kappa shape index (κ2) is 4.96. The van der Waals surface area contributed by atoms with Crippen molar-refractivity contribution in [2.75, 3.05) is 13.6 Å². The Balaban J connectivity index is 4.81. The van der Waals surface area contributed by atoms with Gasteiger partial charge >= 0.3 is 0 Å². The van der Waals surface area contributed by atoms with Crippen molar-refractivity contribution in [1.82, 2.24) is 4.57 Å². The normalized spacial score (nSPS) is 21.2. The summed E-state index contributed by atoms with van der Waals surface area (Å²) in [7, 11) is 0.932. The lowest BCUT2D eigenvalue weighted by Crippen LogP contribution is -2.65. The summed E-state index contributed by atoms with van der Waals surface area (Å²) in [6, 6.07) is 2.49. The van der Waals surface area contributed by atoms with Gasteiger partial charge < -0.3 is 4.57 Å². The van der Waals surface area contributed by atoms with Gasteiger partial charge in [0, 0.05) is 0 Å². The first-order valence-electron chi connectivity index (χ1n) is 5.25. The van der Waals surface area contributed by atoms with Gasteiger partial charge in [0.1, 0.15) is 7.75 Å². The SMILES string of the molecule is CCN(C)[Si](C)(CC)[Si](C)(Cl)CC. The molecule has 0 fully saturated rings. The predicted octanol–water partition coefficient (Wildman–Crippen LogP) is 3.45. The maximum absolute atomic E-state index is 6.76. The average molecular weight is 238 g/mol. The van der Waals surface area contributed by atoms with Gasteiger partial charge in [-0.05, 0) is 25.7 Å². The molecule has 2 unspecified atom stereocenters. The summed E-state index contributed by atoms with van der Waals surface area (Å²) in [6.07, 6.45) is 0. The zero-order valence-electron chi connectivity index (χ0n) is 9.95. The Morgan fingerprint density at radius 3 is 1.77 bits per heavy atom. The van der Waals surface area contributed by atoms with Crippen molar-refractivity contribution < 1.29 is 0 Å². The van der Waals surface area contributed by atoms with Crippen LogP contribution in [0.2, 0.25) is 25.2 Å². The number of nitrogens with zero attached hydrogens (tertiary/aromatic N) is 1. The van der Waals surface area contributed by atoms with Crippen molar-refractivity contribution in [3.8, 4) is 0 Å². The van der Waals surface area contributed by atoms with Gasteiger partial charge in [0.15, 0.2) is 6.90 Å². The Hall–Kier alpha value is 0.684. The second-order valence-corrected chi connectivity index (χ2v) is 21.3. The van der Waals surface area contributed by atoms with Gasteiger partial charge in [0.2, 0.25) is 0 Å². The molecule has 0 aliphatic carbocycles. The lowest BCUT2D eigenvalue weighted by Gasteiger charge is -2.44. The minimum absolute atomic E-state index is 1.14. The highest BCUT2D eigenvalue weighted by Gasteiger charge is 2.47. The number of rotatable bonds is 5. The molecular weight excluding hydrogens is 214 g/mol. The van der Waals surface area contributed by atoms with Crippen LogP contribution in [0.3, 0.4) is 0 Å². The van der Waals surface area contributed by atoms with Gasteiger partial charge in [-0.1, -0.05) is 33.9 Å². The second-order valence-electron chi connectivity index (χ2n) is 4.19. The Morgan fingerprint density at radius 1 is 1.08 bits per heavy atom. The van der Waals surface area contributed by atoms with E-state index in [1.165, 1.54) is 12.1 Å². The van der Waals surface area contributed by atoms with Crippen molar-refractivity contribution in [1.29, 1.82) is 0 Å². The zero-order chi connectivity index (χ0) is 10.7. The molecule has 0 saturated carbocycles. The van der Waals surface area contributed by atoms with Gasteiger partial charge in [0.05, 0.1) is 0 Å². The van der Waals surface area contributed by atoms with Crippen molar-refractivity contribution >= 4 is 25.7 Å². The van der Waals surface area contributed by atoms with E-state index >= 15 is 0 Å². The number of halogens is 1. The van der Waals surface area contributed by atoms with Crippen LogP contribution < -0.4 is 0 Å². The van der Waals surface area contributed by atoms with Crippen LogP contribution in [0.25, 0.3) is 0 Å². The van der Waals surface area contributed by atoms with E-state index in [2.05, 4.69) is 45.5 Å². The van der Waals surface area contributed by atoms with E-state index in [4.69, 9.17) is 11.1 Å². The van der Waals surface area contributed by atoms with E-state index in [9.17, 15) is 0 Å². The Morgan fingerprint density at radius 2 is 1.54 bits per heavy atom. The third kappa shape index (κ3) is 2.58. The third-order valence-corrected chi connectivity index (χ3v) is 25.2. The molecule has 0 N–H and O–H groups in total. The van der Waals surface area contributed by atoms with Crippen molar-refractivity contribution in [2.45, 2.75) is 46.0 Å². The van der Waals surface area contributed by atoms with Crippen LogP contribution in [0.1, 0.15) is 20.8 Å². The maximum atomic E-state index is 6.76. The molecule has 13 heavy (non-hydrogen) atoms. The first-order valence-corrected chi connectivity index (χ1v) is 12.6. The van der Waals surface area contributed by atoms with Crippen LogP contribution in [-0.2, 0) is 0 Å². The highest BCUT2D eigenvalue weighted by molar-refractivity contribution is 7.58. The minimum Gasteiger partial charge on any atom is -0.327 e. The van der Waals surface area contributed by atoms with Crippen LogP contribution in [0, 0.1) is 0 Å². The van der Waals surface area contributed by atoms with Crippen molar-refractivity contribution in [2.24, 2.45) is 0 Å². The molecule has 0 aliphatic heterocycles. The molecule has 4 heteroatoms. The average Bonchev–Trinajstić information content (AvgIpc) is 2.14. The summed E-state index contributed by atoms with van der Waals surface area (Å²) in [5.41, 5.74) is 0. The van der Waals surface area contributed by atoms with E-state index in [1.807, 2.05) is 0 Å². The van der Waals surface area contributed by atoms with Crippen molar-refractivity contribution in [3.05, 3.63) is 0 Å². The van der Waals surface area contributed by atoms with E-state index in [0.29, 0.717) is 0 Å². The third-order valence-electron chi connectivity index (χ3n) is 3.79. The van der Waals surface area contributed by atoms with E-state index in [-0.39, 0.29) is 0 Å². The molecule has 0 spiro atoms. The minimum atomic E-state index is -1.48. The summed E-state index contributed by atoms with van der Waals surface area (Å²) in [6.45, 7) is 11.3. The number of hydrogen-bond donors (Lipinski definition) is 0. The highest BCUT2D eigenvalue weighted by Crippen LogP contribution is 2.31. The number of hydrogen-bond acceptors (Lipinski definition) is 1. The molecule has 80 valence electrons. The Kier molecular flexibility index (Phi) is 5.22. The summed E-state index contributed by atoms with van der Waals surface area (Å²) in [5.74, 6) is 0. The fraction of sp³-hybridized carbons (Fsp3) is 1.00. The smallest absolute Gasteiger partial charge is 0.161 e. The van der Waals surface area contributed by atoms with Crippen LogP contribution >= 0.6 is 11.1 Å². The molecule has 0 heterocycles. The van der Waals surface area contributed by atoms with E-state index < -0.39 is 14.7 Å². The molecule has 0 radical (unpaired) electrons. The maximum Gasteiger partial charge on any atom is 0.161 e. The van der Waals surface area contributed by atoms with Crippen LogP contribution in [0.4, 0.5) is 0 Å². The quantitative estimate of drug-likeness (QED) is 0.523. The lowest BCUT2D eigenvalue weighted by molar-refractivity contribution is 0.542. The summed E-state index contributed by atoms with van der Waals surface area (Å²) >= 11 is 6.76. The predicted molar refractivity (Wildman–Crippen MR) is 68.4 cm³/mol. The first-order chi connectivity index (χ1) is 5.85. The molecule has 0 aliphatic rings. The van der Waals surface area contributed by atoms with Gasteiger partial charge in [-0.3, -0.25) is 0 Å².